The highest BCUT2D eigenvalue weighted by atomic mass is 19.4. The van der Waals surface area contributed by atoms with Crippen LogP contribution in [0, 0.1) is 12.7 Å². The maximum absolute atomic E-state index is 13.7. The van der Waals surface area contributed by atoms with Crippen molar-refractivity contribution in [2.75, 3.05) is 20.3 Å². The molecule has 0 saturated carbocycles. The largest absolute Gasteiger partial charge is 0.416 e. The van der Waals surface area contributed by atoms with E-state index < -0.39 is 40.7 Å². The molecule has 0 aliphatic carbocycles. The molecule has 3 amide bonds. The summed E-state index contributed by atoms with van der Waals surface area (Å²) in [7, 11) is 1.51. The Labute approximate surface area is 200 Å². The van der Waals surface area contributed by atoms with Gasteiger partial charge in [-0.25, -0.2) is 4.39 Å². The summed E-state index contributed by atoms with van der Waals surface area (Å²) < 4.78 is 57.6. The summed E-state index contributed by atoms with van der Waals surface area (Å²) in [6.45, 7) is 1.89. The number of amides is 3. The number of carbonyl (C=O) groups is 3. The van der Waals surface area contributed by atoms with Gasteiger partial charge in [-0.1, -0.05) is 24.3 Å². The molecule has 2 aromatic rings. The van der Waals surface area contributed by atoms with Crippen LogP contribution in [-0.2, 0) is 37.3 Å². The molecule has 1 heterocycles. The summed E-state index contributed by atoms with van der Waals surface area (Å²) in [5, 5.41) is 2.47. The molecule has 1 unspecified atom stereocenters. The molecule has 0 radical (unpaired) electrons. The van der Waals surface area contributed by atoms with Gasteiger partial charge < -0.3 is 10.1 Å². The van der Waals surface area contributed by atoms with Crippen molar-refractivity contribution in [3.05, 3.63) is 70.5 Å². The van der Waals surface area contributed by atoms with Crippen LogP contribution < -0.4 is 5.32 Å². The van der Waals surface area contributed by atoms with Gasteiger partial charge in [0.25, 0.3) is 0 Å². The van der Waals surface area contributed by atoms with E-state index in [1.54, 1.807) is 31.2 Å². The number of alkyl halides is 3. The molecule has 0 bridgehead atoms. The summed E-state index contributed by atoms with van der Waals surface area (Å²) in [4.78, 5) is 40.3. The van der Waals surface area contributed by atoms with Crippen molar-refractivity contribution in [3.8, 4) is 0 Å². The Morgan fingerprint density at radius 3 is 2.54 bits per heavy atom. The minimum atomic E-state index is -4.74. The lowest BCUT2D eigenvalue weighted by atomic mass is 9.74. The summed E-state index contributed by atoms with van der Waals surface area (Å²) >= 11 is 0. The van der Waals surface area contributed by atoms with E-state index in [9.17, 15) is 31.9 Å². The molecule has 1 aliphatic rings. The number of halogens is 4. The SMILES string of the molecule is COCCCN1C(=O)CC(CC(=O)NCc2cc(F)cc(C(F)(F)F)c2)(c2ccccc2C)C1=O. The van der Waals surface area contributed by atoms with Gasteiger partial charge in [0, 0.05) is 39.6 Å². The number of ether oxygens (including phenoxy) is 1. The number of nitrogens with one attached hydrogen (secondary N) is 1. The standard InChI is InChI=1S/C25H26F4N2O4/c1-16-6-3-4-7-20(16)24(14-22(33)31(23(24)34)8-5-9-35-2)13-21(32)30-15-17-10-18(25(27,28)29)12-19(26)11-17/h3-4,6-7,10-12H,5,8-9,13-15H2,1-2H3,(H,30,32). The van der Waals surface area contributed by atoms with Crippen LogP contribution in [0.2, 0.25) is 0 Å². The second-order valence-corrected chi connectivity index (χ2v) is 8.57. The second-order valence-electron chi connectivity index (χ2n) is 8.57. The third-order valence-electron chi connectivity index (χ3n) is 6.04. The predicted octanol–water partition coefficient (Wildman–Crippen LogP) is 3.89. The van der Waals surface area contributed by atoms with Gasteiger partial charge in [0.2, 0.25) is 17.7 Å². The lowest BCUT2D eigenvalue weighted by Gasteiger charge is -2.28. The van der Waals surface area contributed by atoms with Crippen LogP contribution in [0.4, 0.5) is 17.6 Å². The fourth-order valence-corrected chi connectivity index (χ4v) is 4.40. The normalized spacial score (nSPS) is 18.3. The average molecular weight is 494 g/mol. The number of carbonyl (C=O) groups excluding carboxylic acids is 3. The minimum absolute atomic E-state index is 0.0781. The fraction of sp³-hybridized carbons (Fsp3) is 0.400. The van der Waals surface area contributed by atoms with Crippen LogP contribution in [0.1, 0.15) is 41.5 Å². The predicted molar refractivity (Wildman–Crippen MR) is 119 cm³/mol. The summed E-state index contributed by atoms with van der Waals surface area (Å²) in [5.41, 5.74) is -1.43. The quantitative estimate of drug-likeness (QED) is 0.326. The fourth-order valence-electron chi connectivity index (χ4n) is 4.40. The van der Waals surface area contributed by atoms with Crippen molar-refractivity contribution in [1.82, 2.24) is 10.2 Å². The molecule has 6 nitrogen and oxygen atoms in total. The van der Waals surface area contributed by atoms with E-state index >= 15 is 0 Å². The molecular weight excluding hydrogens is 468 g/mol. The highest BCUT2D eigenvalue weighted by Gasteiger charge is 2.54. The van der Waals surface area contributed by atoms with Crippen LogP contribution in [0.5, 0.6) is 0 Å². The Morgan fingerprint density at radius 1 is 1.17 bits per heavy atom. The van der Waals surface area contributed by atoms with Crippen molar-refractivity contribution in [2.24, 2.45) is 0 Å². The van der Waals surface area contributed by atoms with Gasteiger partial charge >= 0.3 is 6.18 Å². The lowest BCUT2D eigenvalue weighted by molar-refractivity contribution is -0.141. The molecular formula is C25H26F4N2O4. The molecule has 1 fully saturated rings. The Kier molecular flexibility index (Phi) is 7.94. The first-order valence-corrected chi connectivity index (χ1v) is 11.0. The molecule has 0 aromatic heterocycles. The van der Waals surface area contributed by atoms with E-state index in [0.29, 0.717) is 24.7 Å². The zero-order valence-corrected chi connectivity index (χ0v) is 19.4. The molecule has 188 valence electrons. The van der Waals surface area contributed by atoms with Crippen LogP contribution >= 0.6 is 0 Å². The van der Waals surface area contributed by atoms with E-state index in [1.165, 1.54) is 7.11 Å². The van der Waals surface area contributed by atoms with Crippen LogP contribution in [0.15, 0.2) is 42.5 Å². The van der Waals surface area contributed by atoms with Crippen molar-refractivity contribution < 1.29 is 36.7 Å². The molecule has 1 atom stereocenters. The monoisotopic (exact) mass is 494 g/mol. The van der Waals surface area contributed by atoms with Gasteiger partial charge in [-0.05, 0) is 48.2 Å². The molecule has 2 aromatic carbocycles. The molecule has 1 saturated heterocycles. The number of hydrogen-bond acceptors (Lipinski definition) is 4. The van der Waals surface area contributed by atoms with Crippen LogP contribution in [0.25, 0.3) is 0 Å². The van der Waals surface area contributed by atoms with Gasteiger partial charge in [-0.2, -0.15) is 13.2 Å². The first kappa shape index (κ1) is 26.3. The summed E-state index contributed by atoms with van der Waals surface area (Å²) in [5.74, 6) is -2.65. The molecule has 1 aliphatic heterocycles. The summed E-state index contributed by atoms with van der Waals surface area (Å²) in [6.07, 6.45) is -4.90. The minimum Gasteiger partial charge on any atom is -0.385 e. The van der Waals surface area contributed by atoms with Gasteiger partial charge in [0.15, 0.2) is 0 Å². The number of nitrogens with zero attached hydrogens (tertiary/aromatic N) is 1. The zero-order chi connectivity index (χ0) is 25.8. The maximum Gasteiger partial charge on any atom is 0.416 e. The number of benzene rings is 2. The number of likely N-dealkylation sites (tertiary alicyclic amines) is 1. The Balaban J connectivity index is 1.84. The first-order valence-electron chi connectivity index (χ1n) is 11.0. The van der Waals surface area contributed by atoms with Crippen molar-refractivity contribution in [1.29, 1.82) is 0 Å². The zero-order valence-electron chi connectivity index (χ0n) is 19.4. The van der Waals surface area contributed by atoms with Crippen LogP contribution in [-0.4, -0.2) is 42.9 Å². The first-order chi connectivity index (χ1) is 16.5. The van der Waals surface area contributed by atoms with Gasteiger partial charge in [0.1, 0.15) is 5.82 Å². The van der Waals surface area contributed by atoms with E-state index in [0.717, 1.165) is 22.6 Å². The maximum atomic E-state index is 13.7. The highest BCUT2D eigenvalue weighted by molar-refractivity contribution is 6.10. The molecule has 1 N–H and O–H groups in total. The Bertz CT molecular complexity index is 1120. The molecule has 3 rings (SSSR count). The lowest BCUT2D eigenvalue weighted by Crippen LogP contribution is -2.43. The molecule has 0 spiro atoms. The number of methoxy groups -OCH3 is 1. The summed E-state index contributed by atoms with van der Waals surface area (Å²) in [6, 6.07) is 8.96. The Hall–Kier alpha value is -3.27. The second kappa shape index (κ2) is 10.6. The van der Waals surface area contributed by atoms with Crippen molar-refractivity contribution in [2.45, 2.75) is 44.3 Å². The number of imide groups is 1. The van der Waals surface area contributed by atoms with Gasteiger partial charge in [-0.15, -0.1) is 0 Å². The molecule has 35 heavy (non-hydrogen) atoms. The van der Waals surface area contributed by atoms with Crippen molar-refractivity contribution >= 4 is 17.7 Å². The van der Waals surface area contributed by atoms with E-state index in [2.05, 4.69) is 5.32 Å². The van der Waals surface area contributed by atoms with E-state index in [-0.39, 0.29) is 31.5 Å². The molecule has 10 heteroatoms. The van der Waals surface area contributed by atoms with Gasteiger partial charge in [0.05, 0.1) is 11.0 Å². The van der Waals surface area contributed by atoms with E-state index in [4.69, 9.17) is 4.74 Å². The third-order valence-corrected chi connectivity index (χ3v) is 6.04. The highest BCUT2D eigenvalue weighted by Crippen LogP contribution is 2.41. The average Bonchev–Trinajstić information content (AvgIpc) is 3.02. The van der Waals surface area contributed by atoms with Gasteiger partial charge in [-0.3, -0.25) is 19.3 Å². The number of hydrogen-bond donors (Lipinski definition) is 1. The third kappa shape index (κ3) is 5.87. The van der Waals surface area contributed by atoms with E-state index in [1.807, 2.05) is 0 Å². The Morgan fingerprint density at radius 2 is 1.89 bits per heavy atom. The number of rotatable bonds is 9. The van der Waals surface area contributed by atoms with Crippen molar-refractivity contribution in [3.63, 3.8) is 0 Å². The smallest absolute Gasteiger partial charge is 0.385 e. The topological polar surface area (TPSA) is 75.7 Å². The van der Waals surface area contributed by atoms with Crippen LogP contribution in [0.3, 0.4) is 0 Å². The number of aryl methyl sites for hydroxylation is 1.